The smallest absolute Gasteiger partial charge is 0.321 e. The molecule has 3 aliphatic rings. The molecule has 3 nitrogen and oxygen atoms in total. The Balaban J connectivity index is 2.37. The molecular formula is C12H19NO2. The average Bonchev–Trinajstić information content (AvgIpc) is 2.18. The minimum Gasteiger partial charge on any atom is -0.480 e. The number of hydrogen-bond acceptors (Lipinski definition) is 2. The van der Waals surface area contributed by atoms with Gasteiger partial charge in [-0.05, 0) is 18.8 Å². The summed E-state index contributed by atoms with van der Waals surface area (Å²) in [6.07, 6.45) is 6.29. The average molecular weight is 209 g/mol. The fraction of sp³-hybridized carbons (Fsp3) is 0.750. The second-order valence-corrected chi connectivity index (χ2v) is 5.45. The molecule has 1 aliphatic carbocycles. The number of rotatable bonds is 2. The van der Waals surface area contributed by atoms with Crippen molar-refractivity contribution in [3.05, 3.63) is 12.2 Å². The van der Waals surface area contributed by atoms with Crippen LogP contribution < -0.4 is 5.32 Å². The SMILES string of the molecule is CC(C)C12C=CC(C)(CC1)C(C(=O)O)N2. The summed E-state index contributed by atoms with van der Waals surface area (Å²) < 4.78 is 0. The van der Waals surface area contributed by atoms with E-state index in [0.717, 1.165) is 12.8 Å². The summed E-state index contributed by atoms with van der Waals surface area (Å²) in [7, 11) is 0. The summed E-state index contributed by atoms with van der Waals surface area (Å²) in [4.78, 5) is 11.2. The molecule has 0 spiro atoms. The molecule has 0 aromatic rings. The number of aliphatic carboxylic acids is 1. The third-order valence-electron chi connectivity index (χ3n) is 4.19. The number of piperidine rings is 1. The molecule has 3 unspecified atom stereocenters. The lowest BCUT2D eigenvalue weighted by Crippen LogP contribution is -2.66. The summed E-state index contributed by atoms with van der Waals surface area (Å²) in [5.41, 5.74) is -0.302. The fourth-order valence-electron chi connectivity index (χ4n) is 2.77. The van der Waals surface area contributed by atoms with Gasteiger partial charge in [0.15, 0.2) is 0 Å². The first-order valence-corrected chi connectivity index (χ1v) is 5.60. The van der Waals surface area contributed by atoms with Gasteiger partial charge in [-0.25, -0.2) is 0 Å². The maximum absolute atomic E-state index is 11.2. The first kappa shape index (κ1) is 10.7. The van der Waals surface area contributed by atoms with E-state index in [0.29, 0.717) is 5.92 Å². The summed E-state index contributed by atoms with van der Waals surface area (Å²) in [5, 5.41) is 12.5. The Morgan fingerprint density at radius 1 is 1.47 bits per heavy atom. The molecule has 0 aromatic carbocycles. The van der Waals surface area contributed by atoms with E-state index in [1.807, 2.05) is 6.92 Å². The van der Waals surface area contributed by atoms with Crippen molar-refractivity contribution >= 4 is 5.97 Å². The van der Waals surface area contributed by atoms with Gasteiger partial charge >= 0.3 is 5.97 Å². The van der Waals surface area contributed by atoms with Crippen LogP contribution in [0.25, 0.3) is 0 Å². The highest BCUT2D eigenvalue weighted by molar-refractivity contribution is 5.76. The Morgan fingerprint density at radius 3 is 2.53 bits per heavy atom. The summed E-state index contributed by atoms with van der Waals surface area (Å²) in [6, 6.07) is -0.432. The lowest BCUT2D eigenvalue weighted by molar-refractivity contribution is -0.145. The molecule has 2 heterocycles. The van der Waals surface area contributed by atoms with Gasteiger partial charge in [0, 0.05) is 11.0 Å². The van der Waals surface area contributed by atoms with Gasteiger partial charge in [-0.1, -0.05) is 32.9 Å². The van der Waals surface area contributed by atoms with Crippen molar-refractivity contribution in [3.63, 3.8) is 0 Å². The number of carboxylic acids is 1. The van der Waals surface area contributed by atoms with Gasteiger partial charge in [0.2, 0.25) is 0 Å². The van der Waals surface area contributed by atoms with E-state index in [1.54, 1.807) is 0 Å². The molecule has 0 saturated carbocycles. The molecule has 0 aromatic heterocycles. The number of carboxylic acid groups (broad SMARTS) is 1. The monoisotopic (exact) mass is 209 g/mol. The van der Waals surface area contributed by atoms with Crippen LogP contribution in [-0.4, -0.2) is 22.7 Å². The van der Waals surface area contributed by atoms with Gasteiger partial charge in [-0.3, -0.25) is 10.1 Å². The molecule has 3 heteroatoms. The van der Waals surface area contributed by atoms with E-state index in [9.17, 15) is 9.90 Å². The highest BCUT2D eigenvalue weighted by Crippen LogP contribution is 2.46. The predicted octanol–water partition coefficient (Wildman–Crippen LogP) is 1.79. The standard InChI is InChI=1S/C12H19NO2/c1-8(2)12-6-4-11(3,5-7-12)9(13-12)10(14)15/h4,6,8-9,13H,5,7H2,1-3H3,(H,14,15). The van der Waals surface area contributed by atoms with Crippen molar-refractivity contribution < 1.29 is 9.90 Å². The lowest BCUT2D eigenvalue weighted by Gasteiger charge is -2.53. The van der Waals surface area contributed by atoms with Gasteiger partial charge in [-0.2, -0.15) is 0 Å². The van der Waals surface area contributed by atoms with Crippen LogP contribution >= 0.6 is 0 Å². The van der Waals surface area contributed by atoms with E-state index < -0.39 is 12.0 Å². The molecule has 15 heavy (non-hydrogen) atoms. The second-order valence-electron chi connectivity index (χ2n) is 5.45. The fourth-order valence-corrected chi connectivity index (χ4v) is 2.77. The normalized spacial score (nSPS) is 43.6. The van der Waals surface area contributed by atoms with Crippen molar-refractivity contribution in [2.75, 3.05) is 0 Å². The minimum atomic E-state index is -0.730. The van der Waals surface area contributed by atoms with Crippen molar-refractivity contribution in [1.82, 2.24) is 5.32 Å². The van der Waals surface area contributed by atoms with Crippen LogP contribution in [0.1, 0.15) is 33.6 Å². The number of hydrogen-bond donors (Lipinski definition) is 2. The van der Waals surface area contributed by atoms with E-state index in [4.69, 9.17) is 0 Å². The highest BCUT2D eigenvalue weighted by atomic mass is 16.4. The Labute approximate surface area is 90.6 Å². The van der Waals surface area contributed by atoms with E-state index in [2.05, 4.69) is 31.3 Å². The van der Waals surface area contributed by atoms with Crippen molar-refractivity contribution in [2.45, 2.75) is 45.2 Å². The molecule has 2 bridgehead atoms. The summed E-state index contributed by atoms with van der Waals surface area (Å²) in [6.45, 7) is 6.31. The summed E-state index contributed by atoms with van der Waals surface area (Å²) >= 11 is 0. The molecule has 1 saturated heterocycles. The highest BCUT2D eigenvalue weighted by Gasteiger charge is 2.52. The van der Waals surface area contributed by atoms with Crippen LogP contribution in [0.3, 0.4) is 0 Å². The molecule has 84 valence electrons. The zero-order valence-electron chi connectivity index (χ0n) is 9.58. The number of carbonyl (C=O) groups is 1. The van der Waals surface area contributed by atoms with Crippen LogP contribution in [0.4, 0.5) is 0 Å². The van der Waals surface area contributed by atoms with E-state index in [1.165, 1.54) is 0 Å². The number of nitrogens with one attached hydrogen (secondary N) is 1. The molecule has 1 fully saturated rings. The topological polar surface area (TPSA) is 49.3 Å². The quantitative estimate of drug-likeness (QED) is 0.682. The summed E-state index contributed by atoms with van der Waals surface area (Å²) in [5.74, 6) is -0.299. The largest absolute Gasteiger partial charge is 0.480 e. The Kier molecular flexibility index (Phi) is 2.19. The minimum absolute atomic E-state index is 0.0964. The van der Waals surface area contributed by atoms with Crippen molar-refractivity contribution in [3.8, 4) is 0 Å². The van der Waals surface area contributed by atoms with E-state index in [-0.39, 0.29) is 11.0 Å². The molecular weight excluding hydrogens is 190 g/mol. The lowest BCUT2D eigenvalue weighted by atomic mass is 9.62. The molecule has 2 aliphatic heterocycles. The van der Waals surface area contributed by atoms with Crippen molar-refractivity contribution in [1.29, 1.82) is 0 Å². The Hall–Kier alpha value is -0.830. The zero-order chi connectivity index (χ0) is 11.3. The van der Waals surface area contributed by atoms with Crippen LogP contribution in [-0.2, 0) is 4.79 Å². The Morgan fingerprint density at radius 2 is 2.13 bits per heavy atom. The van der Waals surface area contributed by atoms with Gasteiger partial charge in [0.25, 0.3) is 0 Å². The first-order chi connectivity index (χ1) is 6.90. The van der Waals surface area contributed by atoms with Gasteiger partial charge in [0.05, 0.1) is 0 Å². The van der Waals surface area contributed by atoms with Crippen molar-refractivity contribution in [2.24, 2.45) is 11.3 Å². The third-order valence-corrected chi connectivity index (χ3v) is 4.19. The number of fused-ring (bicyclic) bond motifs is 2. The van der Waals surface area contributed by atoms with E-state index >= 15 is 0 Å². The Bertz CT molecular complexity index is 324. The zero-order valence-corrected chi connectivity index (χ0v) is 9.58. The van der Waals surface area contributed by atoms with Gasteiger partial charge in [0.1, 0.15) is 6.04 Å². The van der Waals surface area contributed by atoms with Crippen LogP contribution in [0.5, 0.6) is 0 Å². The first-order valence-electron chi connectivity index (χ1n) is 5.60. The molecule has 0 radical (unpaired) electrons. The predicted molar refractivity (Wildman–Crippen MR) is 58.6 cm³/mol. The molecule has 0 amide bonds. The maximum Gasteiger partial charge on any atom is 0.321 e. The van der Waals surface area contributed by atoms with Gasteiger partial charge < -0.3 is 5.11 Å². The van der Waals surface area contributed by atoms with Gasteiger partial charge in [-0.15, -0.1) is 0 Å². The molecule has 3 atom stereocenters. The molecule has 2 N–H and O–H groups in total. The molecule has 3 rings (SSSR count). The second kappa shape index (κ2) is 3.08. The van der Waals surface area contributed by atoms with Crippen LogP contribution in [0.15, 0.2) is 12.2 Å². The van der Waals surface area contributed by atoms with Crippen LogP contribution in [0.2, 0.25) is 0 Å². The maximum atomic E-state index is 11.2. The third kappa shape index (κ3) is 1.41. The van der Waals surface area contributed by atoms with Crippen LogP contribution in [0, 0.1) is 11.3 Å².